The van der Waals surface area contributed by atoms with Gasteiger partial charge in [-0.1, -0.05) is 0 Å². The van der Waals surface area contributed by atoms with E-state index in [-0.39, 0.29) is 3.70 Å². The fraction of sp³-hybridized carbons (Fsp3) is 0. The molecule has 1 aromatic heterocycles. The van der Waals surface area contributed by atoms with Crippen LogP contribution in [0.3, 0.4) is 0 Å². The van der Waals surface area contributed by atoms with Crippen molar-refractivity contribution in [1.82, 2.24) is 9.97 Å². The second-order valence-corrected chi connectivity index (χ2v) is 2.58. The number of hydrogen-bond acceptors (Lipinski definition) is 3. The van der Waals surface area contributed by atoms with Gasteiger partial charge in [-0.25, -0.2) is 9.97 Å². The first-order valence-electron chi connectivity index (χ1n) is 2.43. The van der Waals surface area contributed by atoms with Gasteiger partial charge < -0.3 is 0 Å². The van der Waals surface area contributed by atoms with Gasteiger partial charge in [-0.3, -0.25) is 0 Å². The molecule has 0 unspecified atom stereocenters. The normalized spacial score (nSPS) is 9.27. The van der Waals surface area contributed by atoms with Crippen molar-refractivity contribution in [3.63, 3.8) is 0 Å². The van der Waals surface area contributed by atoms with Gasteiger partial charge in [-0.2, -0.15) is 14.0 Å². The van der Waals surface area contributed by atoms with Crippen LogP contribution >= 0.6 is 22.6 Å². The molecule has 0 amide bonds. The molecule has 0 fully saturated rings. The summed E-state index contributed by atoms with van der Waals surface area (Å²) in [6, 6.07) is 1.37. The number of halogens is 3. The lowest BCUT2D eigenvalue weighted by molar-refractivity contribution is 0.514. The SMILES string of the molecule is N#Cc1nc(F)c(I)nc1F. The summed E-state index contributed by atoms with van der Waals surface area (Å²) < 4.78 is 24.7. The number of hydrogen-bond donors (Lipinski definition) is 0. The van der Waals surface area contributed by atoms with E-state index in [0.717, 1.165) is 0 Å². The number of nitrogens with zero attached hydrogens (tertiary/aromatic N) is 3. The number of aromatic nitrogens is 2. The second kappa shape index (κ2) is 3.04. The van der Waals surface area contributed by atoms with Crippen LogP contribution < -0.4 is 0 Å². The minimum Gasteiger partial charge on any atom is -0.206 e. The molecule has 1 aromatic rings. The van der Waals surface area contributed by atoms with Crippen molar-refractivity contribution in [2.45, 2.75) is 0 Å². The third-order valence-corrected chi connectivity index (χ3v) is 1.56. The van der Waals surface area contributed by atoms with Gasteiger partial charge in [0.2, 0.25) is 5.95 Å². The van der Waals surface area contributed by atoms with Gasteiger partial charge >= 0.3 is 0 Å². The van der Waals surface area contributed by atoms with E-state index in [0.29, 0.717) is 0 Å². The van der Waals surface area contributed by atoms with Gasteiger partial charge in [-0.05, 0) is 22.6 Å². The fourth-order valence-electron chi connectivity index (χ4n) is 0.447. The zero-order valence-electron chi connectivity index (χ0n) is 4.98. The van der Waals surface area contributed by atoms with Gasteiger partial charge in [0.1, 0.15) is 6.07 Å². The van der Waals surface area contributed by atoms with Crippen LogP contribution in [-0.4, -0.2) is 9.97 Å². The maximum atomic E-state index is 12.5. The molecule has 0 aromatic carbocycles. The predicted molar refractivity (Wildman–Crippen MR) is 39.4 cm³/mol. The first kappa shape index (κ1) is 8.26. The summed E-state index contributed by atoms with van der Waals surface area (Å²) in [5.41, 5.74) is -0.622. The molecule has 0 aliphatic heterocycles. The number of nitriles is 1. The van der Waals surface area contributed by atoms with E-state index < -0.39 is 17.6 Å². The summed E-state index contributed by atoms with van der Waals surface area (Å²) >= 11 is 1.48. The van der Waals surface area contributed by atoms with Crippen LogP contribution in [0.15, 0.2) is 0 Å². The van der Waals surface area contributed by atoms with E-state index in [4.69, 9.17) is 5.26 Å². The highest BCUT2D eigenvalue weighted by molar-refractivity contribution is 14.1. The predicted octanol–water partition coefficient (Wildman–Crippen LogP) is 1.23. The highest BCUT2D eigenvalue weighted by atomic mass is 127. The van der Waals surface area contributed by atoms with Gasteiger partial charge in [0.15, 0.2) is 9.39 Å². The molecule has 0 saturated heterocycles. The van der Waals surface area contributed by atoms with Crippen molar-refractivity contribution >= 4 is 22.6 Å². The van der Waals surface area contributed by atoms with E-state index in [1.54, 1.807) is 0 Å². The molecular weight excluding hydrogens is 267 g/mol. The van der Waals surface area contributed by atoms with Crippen LogP contribution in [0.25, 0.3) is 0 Å². The van der Waals surface area contributed by atoms with Crippen molar-refractivity contribution in [3.05, 3.63) is 21.3 Å². The average molecular weight is 267 g/mol. The van der Waals surface area contributed by atoms with Gasteiger partial charge in [0, 0.05) is 0 Å². The molecule has 0 spiro atoms. The van der Waals surface area contributed by atoms with E-state index in [1.165, 1.54) is 28.7 Å². The summed E-state index contributed by atoms with van der Waals surface area (Å²) in [6.45, 7) is 0. The first-order chi connectivity index (χ1) is 5.15. The molecule has 0 radical (unpaired) electrons. The summed E-state index contributed by atoms with van der Waals surface area (Å²) in [6.07, 6.45) is 0. The molecule has 0 N–H and O–H groups in total. The Bertz CT molecular complexity index is 333. The van der Waals surface area contributed by atoms with E-state index >= 15 is 0 Å². The first-order valence-corrected chi connectivity index (χ1v) is 3.51. The Morgan fingerprint density at radius 2 is 1.91 bits per heavy atom. The Labute approximate surface area is 74.2 Å². The van der Waals surface area contributed by atoms with Crippen LogP contribution in [0.2, 0.25) is 0 Å². The van der Waals surface area contributed by atoms with Crippen molar-refractivity contribution < 1.29 is 8.78 Å². The Morgan fingerprint density at radius 1 is 1.27 bits per heavy atom. The monoisotopic (exact) mass is 267 g/mol. The van der Waals surface area contributed by atoms with E-state index in [2.05, 4.69) is 9.97 Å². The zero-order valence-corrected chi connectivity index (χ0v) is 7.13. The fourth-order valence-corrected chi connectivity index (χ4v) is 0.779. The molecule has 11 heavy (non-hydrogen) atoms. The van der Waals surface area contributed by atoms with Crippen LogP contribution in [-0.2, 0) is 0 Å². The van der Waals surface area contributed by atoms with Crippen LogP contribution in [0.4, 0.5) is 8.78 Å². The maximum Gasteiger partial charge on any atom is 0.250 e. The summed E-state index contributed by atoms with van der Waals surface area (Å²) in [7, 11) is 0. The van der Waals surface area contributed by atoms with Crippen molar-refractivity contribution in [2.24, 2.45) is 0 Å². The van der Waals surface area contributed by atoms with Crippen LogP contribution in [0.5, 0.6) is 0 Å². The lowest BCUT2D eigenvalue weighted by Crippen LogP contribution is -2.00. The summed E-state index contributed by atoms with van der Waals surface area (Å²) in [5.74, 6) is -1.97. The van der Waals surface area contributed by atoms with Crippen molar-refractivity contribution in [3.8, 4) is 6.07 Å². The minimum absolute atomic E-state index is 0.181. The second-order valence-electron chi connectivity index (χ2n) is 1.56. The molecule has 3 nitrogen and oxygen atoms in total. The third kappa shape index (κ3) is 1.59. The summed E-state index contributed by atoms with van der Waals surface area (Å²) in [4.78, 5) is 6.12. The van der Waals surface area contributed by atoms with Gasteiger partial charge in [-0.15, -0.1) is 0 Å². The Morgan fingerprint density at radius 3 is 2.45 bits per heavy atom. The lowest BCUT2D eigenvalue weighted by Gasteiger charge is -1.93. The van der Waals surface area contributed by atoms with E-state index in [1.807, 2.05) is 0 Å². The Kier molecular flexibility index (Phi) is 2.28. The molecule has 0 aliphatic rings. The average Bonchev–Trinajstić information content (AvgIpc) is 1.97. The Hall–Kier alpha value is -0.840. The van der Waals surface area contributed by atoms with Gasteiger partial charge in [0.25, 0.3) is 5.95 Å². The molecule has 56 valence electrons. The third-order valence-electron chi connectivity index (χ3n) is 0.878. The summed E-state index contributed by atoms with van der Waals surface area (Å²) in [5, 5.41) is 8.17. The highest BCUT2D eigenvalue weighted by Gasteiger charge is 2.10. The number of rotatable bonds is 0. The Balaban J connectivity index is 3.35. The molecule has 1 heterocycles. The van der Waals surface area contributed by atoms with Gasteiger partial charge in [0.05, 0.1) is 0 Å². The molecular formula is C5F2IN3. The van der Waals surface area contributed by atoms with Crippen LogP contribution in [0.1, 0.15) is 5.69 Å². The molecule has 0 atom stereocenters. The molecule has 1 rings (SSSR count). The largest absolute Gasteiger partial charge is 0.250 e. The lowest BCUT2D eigenvalue weighted by atomic mass is 10.5. The van der Waals surface area contributed by atoms with E-state index in [9.17, 15) is 8.78 Å². The minimum atomic E-state index is -1.04. The molecule has 0 saturated carbocycles. The molecule has 6 heteroatoms. The molecule has 0 bridgehead atoms. The smallest absolute Gasteiger partial charge is 0.206 e. The molecule has 0 aliphatic carbocycles. The topological polar surface area (TPSA) is 49.6 Å². The maximum absolute atomic E-state index is 12.5. The quantitative estimate of drug-likeness (QED) is 0.664. The van der Waals surface area contributed by atoms with Crippen molar-refractivity contribution in [2.75, 3.05) is 0 Å². The zero-order chi connectivity index (χ0) is 8.43. The van der Waals surface area contributed by atoms with Crippen LogP contribution in [0, 0.1) is 26.9 Å². The standard InChI is InChI=1S/C5F2IN3/c6-3-2(1-9)10-4(7)5(8)11-3. The highest BCUT2D eigenvalue weighted by Crippen LogP contribution is 2.07. The van der Waals surface area contributed by atoms with Crippen molar-refractivity contribution in [1.29, 1.82) is 5.26 Å².